The third kappa shape index (κ3) is 4.03. The number of aromatic nitrogens is 1. The molecular formula is C19H25N3O2. The number of pyridine rings is 1. The van der Waals surface area contributed by atoms with Gasteiger partial charge in [0.25, 0.3) is 5.91 Å². The van der Waals surface area contributed by atoms with Crippen molar-refractivity contribution in [3.05, 3.63) is 53.7 Å². The summed E-state index contributed by atoms with van der Waals surface area (Å²) in [6, 6.07) is 9.72. The molecule has 128 valence electrons. The predicted octanol–water partition coefficient (Wildman–Crippen LogP) is 3.02. The first-order valence-electron chi connectivity index (χ1n) is 8.78. The molecule has 24 heavy (non-hydrogen) atoms. The summed E-state index contributed by atoms with van der Waals surface area (Å²) in [5, 5.41) is 3.41. The lowest BCUT2D eigenvalue weighted by Crippen LogP contribution is -2.40. The van der Waals surface area contributed by atoms with Crippen LogP contribution >= 0.6 is 0 Å². The lowest BCUT2D eigenvalue weighted by Gasteiger charge is -2.30. The van der Waals surface area contributed by atoms with E-state index < -0.39 is 0 Å². The van der Waals surface area contributed by atoms with Crippen molar-refractivity contribution in [3.63, 3.8) is 0 Å². The molecule has 0 spiro atoms. The molecule has 1 atom stereocenters. The van der Waals surface area contributed by atoms with Gasteiger partial charge in [0.2, 0.25) is 0 Å². The summed E-state index contributed by atoms with van der Waals surface area (Å²) in [6.45, 7) is 4.50. The van der Waals surface area contributed by atoms with Crippen molar-refractivity contribution in [1.82, 2.24) is 15.2 Å². The van der Waals surface area contributed by atoms with Gasteiger partial charge < -0.3 is 14.6 Å². The van der Waals surface area contributed by atoms with Crippen LogP contribution in [0.4, 0.5) is 0 Å². The van der Waals surface area contributed by atoms with Gasteiger partial charge in [0.05, 0.1) is 12.2 Å². The summed E-state index contributed by atoms with van der Waals surface area (Å²) in [6.07, 6.45) is 5.61. The quantitative estimate of drug-likeness (QED) is 0.917. The van der Waals surface area contributed by atoms with Gasteiger partial charge in [-0.25, -0.2) is 0 Å². The molecule has 0 aliphatic carbocycles. The van der Waals surface area contributed by atoms with Crippen LogP contribution in [0.2, 0.25) is 0 Å². The van der Waals surface area contributed by atoms with Crippen LogP contribution in [-0.4, -0.2) is 34.9 Å². The Bertz CT molecular complexity index is 646. The summed E-state index contributed by atoms with van der Waals surface area (Å²) >= 11 is 0. The van der Waals surface area contributed by atoms with Crippen molar-refractivity contribution < 1.29 is 9.21 Å². The number of aryl methyl sites for hydroxylation is 1. The van der Waals surface area contributed by atoms with Crippen molar-refractivity contribution >= 4 is 5.91 Å². The molecular weight excluding hydrogens is 302 g/mol. The minimum Gasteiger partial charge on any atom is -0.456 e. The molecule has 3 rings (SSSR count). The molecule has 1 N–H and O–H groups in total. The number of nitrogens with one attached hydrogen (secondary N) is 1. The van der Waals surface area contributed by atoms with Gasteiger partial charge in [-0.15, -0.1) is 0 Å². The average molecular weight is 327 g/mol. The van der Waals surface area contributed by atoms with Gasteiger partial charge in [0.1, 0.15) is 5.76 Å². The lowest BCUT2D eigenvalue weighted by molar-refractivity contribution is 0.0608. The molecule has 1 fully saturated rings. The molecule has 0 radical (unpaired) electrons. The lowest BCUT2D eigenvalue weighted by atomic mass is 10.1. The van der Waals surface area contributed by atoms with Gasteiger partial charge in [-0.05, 0) is 56.6 Å². The highest BCUT2D eigenvalue weighted by Gasteiger charge is 2.27. The molecule has 5 heteroatoms. The second-order valence-electron chi connectivity index (χ2n) is 6.21. The number of carbonyl (C=O) groups is 1. The standard InChI is InChI=1S/C19H25N3O2/c1-2-17-8-9-18(24-17)19(23)22(14-15-6-3-4-12-21-15)16-7-5-11-20-13-10-16/h3-4,6,8-9,12,16,20H,2,5,7,10-11,13-14H2,1H3/t16-/m0/s1. The topological polar surface area (TPSA) is 58.4 Å². The molecule has 0 unspecified atom stereocenters. The van der Waals surface area contributed by atoms with Gasteiger partial charge in [-0.2, -0.15) is 0 Å². The number of amides is 1. The summed E-state index contributed by atoms with van der Waals surface area (Å²) in [5.74, 6) is 1.24. The first-order valence-corrected chi connectivity index (χ1v) is 8.78. The minimum absolute atomic E-state index is 0.0350. The number of hydrogen-bond acceptors (Lipinski definition) is 4. The molecule has 1 amide bonds. The van der Waals surface area contributed by atoms with Gasteiger partial charge in [-0.1, -0.05) is 13.0 Å². The molecule has 0 bridgehead atoms. The second kappa shape index (κ2) is 8.11. The average Bonchev–Trinajstić information content (AvgIpc) is 2.95. The summed E-state index contributed by atoms with van der Waals surface area (Å²) < 4.78 is 5.71. The van der Waals surface area contributed by atoms with E-state index in [1.54, 1.807) is 12.3 Å². The third-order valence-electron chi connectivity index (χ3n) is 4.53. The highest BCUT2D eigenvalue weighted by atomic mass is 16.4. The van der Waals surface area contributed by atoms with Crippen LogP contribution in [0.15, 0.2) is 40.9 Å². The summed E-state index contributed by atoms with van der Waals surface area (Å²) in [7, 11) is 0. The van der Waals surface area contributed by atoms with E-state index in [0.29, 0.717) is 12.3 Å². The van der Waals surface area contributed by atoms with Gasteiger partial charge in [-0.3, -0.25) is 9.78 Å². The van der Waals surface area contributed by atoms with Crippen molar-refractivity contribution in [2.45, 2.75) is 45.2 Å². The van der Waals surface area contributed by atoms with E-state index in [9.17, 15) is 4.79 Å². The Balaban J connectivity index is 1.83. The zero-order valence-electron chi connectivity index (χ0n) is 14.2. The van der Waals surface area contributed by atoms with Crippen molar-refractivity contribution in [2.24, 2.45) is 0 Å². The maximum absolute atomic E-state index is 13.1. The molecule has 2 aromatic heterocycles. The fourth-order valence-electron chi connectivity index (χ4n) is 3.17. The number of hydrogen-bond donors (Lipinski definition) is 1. The number of carbonyl (C=O) groups excluding carboxylic acids is 1. The van der Waals surface area contributed by atoms with E-state index in [1.165, 1.54) is 0 Å². The highest BCUT2D eigenvalue weighted by molar-refractivity contribution is 5.91. The van der Waals surface area contributed by atoms with Gasteiger partial charge >= 0.3 is 0 Å². The van der Waals surface area contributed by atoms with Gasteiger partial charge in [0, 0.05) is 18.7 Å². The Hall–Kier alpha value is -2.14. The smallest absolute Gasteiger partial charge is 0.290 e. The Morgan fingerprint density at radius 1 is 1.29 bits per heavy atom. The Kier molecular flexibility index (Phi) is 5.64. The van der Waals surface area contributed by atoms with Crippen LogP contribution in [-0.2, 0) is 13.0 Å². The maximum atomic E-state index is 13.1. The number of furan rings is 1. The largest absolute Gasteiger partial charge is 0.456 e. The summed E-state index contributed by atoms with van der Waals surface area (Å²) in [5.41, 5.74) is 0.908. The molecule has 0 saturated carbocycles. The Labute approximate surface area is 143 Å². The van der Waals surface area contributed by atoms with E-state index in [1.807, 2.05) is 36.1 Å². The predicted molar refractivity (Wildman–Crippen MR) is 92.7 cm³/mol. The van der Waals surface area contributed by atoms with Crippen molar-refractivity contribution in [3.8, 4) is 0 Å². The molecule has 1 aliphatic rings. The fourth-order valence-corrected chi connectivity index (χ4v) is 3.17. The van der Waals surface area contributed by atoms with Crippen LogP contribution < -0.4 is 5.32 Å². The molecule has 3 heterocycles. The van der Waals surface area contributed by atoms with E-state index in [2.05, 4.69) is 10.3 Å². The Morgan fingerprint density at radius 3 is 2.96 bits per heavy atom. The summed E-state index contributed by atoms with van der Waals surface area (Å²) in [4.78, 5) is 19.4. The molecule has 1 saturated heterocycles. The third-order valence-corrected chi connectivity index (χ3v) is 4.53. The molecule has 2 aromatic rings. The van der Waals surface area contributed by atoms with Crippen LogP contribution in [0.25, 0.3) is 0 Å². The first kappa shape index (κ1) is 16.7. The SMILES string of the molecule is CCc1ccc(C(=O)N(Cc2ccccn2)[C@H]2CCCNCC2)o1. The zero-order chi connectivity index (χ0) is 16.8. The Morgan fingerprint density at radius 2 is 2.21 bits per heavy atom. The van der Waals surface area contributed by atoms with Crippen molar-refractivity contribution in [2.75, 3.05) is 13.1 Å². The highest BCUT2D eigenvalue weighted by Crippen LogP contribution is 2.20. The zero-order valence-corrected chi connectivity index (χ0v) is 14.2. The van der Waals surface area contributed by atoms with Crippen LogP contribution in [0.5, 0.6) is 0 Å². The fraction of sp³-hybridized carbons (Fsp3) is 0.474. The molecule has 5 nitrogen and oxygen atoms in total. The van der Waals surface area contributed by atoms with E-state index in [0.717, 1.165) is 50.2 Å². The second-order valence-corrected chi connectivity index (χ2v) is 6.21. The van der Waals surface area contributed by atoms with Gasteiger partial charge in [0.15, 0.2) is 5.76 Å². The van der Waals surface area contributed by atoms with E-state index in [-0.39, 0.29) is 11.9 Å². The minimum atomic E-state index is -0.0350. The van der Waals surface area contributed by atoms with Crippen molar-refractivity contribution in [1.29, 1.82) is 0 Å². The van der Waals surface area contributed by atoms with E-state index >= 15 is 0 Å². The number of rotatable bonds is 5. The van der Waals surface area contributed by atoms with E-state index in [4.69, 9.17) is 4.42 Å². The van der Waals surface area contributed by atoms with Crippen LogP contribution in [0, 0.1) is 0 Å². The monoisotopic (exact) mass is 327 g/mol. The maximum Gasteiger partial charge on any atom is 0.290 e. The van der Waals surface area contributed by atoms with Crippen LogP contribution in [0.3, 0.4) is 0 Å². The normalized spacial score (nSPS) is 18.1. The first-order chi connectivity index (χ1) is 11.8. The van der Waals surface area contributed by atoms with Crippen LogP contribution in [0.1, 0.15) is 48.2 Å². The number of nitrogens with zero attached hydrogens (tertiary/aromatic N) is 2. The molecule has 1 aliphatic heterocycles. The molecule has 0 aromatic carbocycles.